The minimum atomic E-state index is -1.27. The fraction of sp³-hybridized carbons (Fsp3) is 0.310. The van der Waals surface area contributed by atoms with E-state index >= 15 is 0 Å². The van der Waals surface area contributed by atoms with Crippen molar-refractivity contribution in [3.63, 3.8) is 0 Å². The van der Waals surface area contributed by atoms with E-state index in [2.05, 4.69) is 10.3 Å². The molecule has 0 radical (unpaired) electrons. The molecule has 0 unspecified atom stereocenters. The van der Waals surface area contributed by atoms with Gasteiger partial charge in [-0.25, -0.2) is 24.4 Å². The number of aromatic amines is 1. The highest BCUT2D eigenvalue weighted by molar-refractivity contribution is 6.39. The number of fused-ring (bicyclic) bond motifs is 1. The Morgan fingerprint density at radius 2 is 1.62 bits per heavy atom. The zero-order valence-electron chi connectivity index (χ0n) is 23.8. The monoisotopic (exact) mass is 616 g/mol. The number of nitrogens with zero attached hydrogens (tertiary/aromatic N) is 2. The Morgan fingerprint density at radius 3 is 2.19 bits per heavy atom. The molecular formula is C29H30Cl2N4O7. The predicted molar refractivity (Wildman–Crippen MR) is 160 cm³/mol. The standard InChI is InChI=1S/C29H30Cl2N4O7/c1-28(2,3)41-26(39)32-17-7-9-18(10-8-17)35-24(36)15(14-34(35)27(40)42-29(4,5)6)11-19-22-20(31)12-16(30)13-21(22)33-23(19)25(37)38/h7-13,33H,14H2,1-6H3,(H,32,39)(H,37,38). The maximum absolute atomic E-state index is 13.8. The Balaban J connectivity index is 1.75. The number of benzene rings is 2. The van der Waals surface area contributed by atoms with Crippen LogP contribution in [0.25, 0.3) is 17.0 Å². The largest absolute Gasteiger partial charge is 0.477 e. The maximum Gasteiger partial charge on any atom is 0.430 e. The Kier molecular flexibility index (Phi) is 8.21. The van der Waals surface area contributed by atoms with Crippen LogP contribution in [0, 0.1) is 0 Å². The van der Waals surface area contributed by atoms with Crippen LogP contribution >= 0.6 is 23.2 Å². The van der Waals surface area contributed by atoms with E-state index in [1.165, 1.54) is 30.3 Å². The van der Waals surface area contributed by atoms with Gasteiger partial charge in [-0.15, -0.1) is 0 Å². The van der Waals surface area contributed by atoms with Gasteiger partial charge in [0.1, 0.15) is 16.9 Å². The number of ether oxygens (including phenoxy) is 2. The molecule has 3 aromatic rings. The van der Waals surface area contributed by atoms with Crippen molar-refractivity contribution >= 4 is 75.6 Å². The predicted octanol–water partition coefficient (Wildman–Crippen LogP) is 7.10. The minimum Gasteiger partial charge on any atom is -0.477 e. The molecule has 222 valence electrons. The maximum atomic E-state index is 13.8. The van der Waals surface area contributed by atoms with E-state index in [1.807, 2.05) is 0 Å². The molecule has 0 spiro atoms. The molecule has 2 heterocycles. The van der Waals surface area contributed by atoms with Crippen molar-refractivity contribution in [2.24, 2.45) is 0 Å². The van der Waals surface area contributed by atoms with E-state index in [-0.39, 0.29) is 28.4 Å². The van der Waals surface area contributed by atoms with Crippen molar-refractivity contribution in [1.29, 1.82) is 0 Å². The summed E-state index contributed by atoms with van der Waals surface area (Å²) in [5.41, 5.74) is -0.421. The number of halogens is 2. The molecule has 3 N–H and O–H groups in total. The van der Waals surface area contributed by atoms with Crippen molar-refractivity contribution in [2.75, 3.05) is 16.9 Å². The molecule has 0 saturated carbocycles. The quantitative estimate of drug-likeness (QED) is 0.265. The molecule has 0 atom stereocenters. The molecule has 11 nitrogen and oxygen atoms in total. The summed E-state index contributed by atoms with van der Waals surface area (Å²) in [5.74, 6) is -1.87. The lowest BCUT2D eigenvalue weighted by molar-refractivity contribution is -0.115. The van der Waals surface area contributed by atoms with Gasteiger partial charge in [0.2, 0.25) is 0 Å². The zero-order chi connectivity index (χ0) is 31.1. The molecule has 4 rings (SSSR count). The summed E-state index contributed by atoms with van der Waals surface area (Å²) < 4.78 is 10.8. The van der Waals surface area contributed by atoms with Crippen LogP contribution in [0.5, 0.6) is 0 Å². The summed E-state index contributed by atoms with van der Waals surface area (Å²) in [4.78, 5) is 54.1. The van der Waals surface area contributed by atoms with E-state index in [9.17, 15) is 24.3 Å². The number of rotatable bonds is 4. The highest BCUT2D eigenvalue weighted by Gasteiger charge is 2.40. The van der Waals surface area contributed by atoms with E-state index in [0.29, 0.717) is 27.3 Å². The number of carbonyl (C=O) groups excluding carboxylic acids is 3. The summed E-state index contributed by atoms with van der Waals surface area (Å²) in [6.07, 6.45) is -0.0568. The SMILES string of the molecule is CC(C)(C)OC(=O)Nc1ccc(N2C(=O)C(=Cc3c(C(=O)O)[nH]c4cc(Cl)cc(Cl)c34)CN2C(=O)OC(C)(C)C)cc1. The van der Waals surface area contributed by atoms with Crippen molar-refractivity contribution in [3.05, 3.63) is 63.3 Å². The highest BCUT2D eigenvalue weighted by atomic mass is 35.5. The number of aromatic carboxylic acids is 1. The van der Waals surface area contributed by atoms with Crippen molar-refractivity contribution in [1.82, 2.24) is 9.99 Å². The molecule has 0 aliphatic carbocycles. The molecule has 2 aromatic carbocycles. The van der Waals surface area contributed by atoms with Gasteiger partial charge in [-0.3, -0.25) is 10.1 Å². The second-order valence-corrected chi connectivity index (χ2v) is 12.4. The van der Waals surface area contributed by atoms with Crippen LogP contribution in [0.3, 0.4) is 0 Å². The number of hydrazine groups is 1. The lowest BCUT2D eigenvalue weighted by atomic mass is 10.1. The van der Waals surface area contributed by atoms with Crippen LogP contribution < -0.4 is 10.3 Å². The molecule has 0 bridgehead atoms. The third-order valence-corrected chi connectivity index (χ3v) is 6.29. The number of amides is 3. The molecule has 3 amide bonds. The van der Waals surface area contributed by atoms with Crippen LogP contribution in [0.2, 0.25) is 10.0 Å². The lowest BCUT2D eigenvalue weighted by Gasteiger charge is -2.30. The third-order valence-electron chi connectivity index (χ3n) is 5.78. The van der Waals surface area contributed by atoms with Crippen molar-refractivity contribution in [2.45, 2.75) is 52.7 Å². The Labute approximate surface area is 251 Å². The summed E-state index contributed by atoms with van der Waals surface area (Å²) in [6.45, 7) is 10.1. The number of carbonyl (C=O) groups is 4. The lowest BCUT2D eigenvalue weighted by Crippen LogP contribution is -2.45. The van der Waals surface area contributed by atoms with Gasteiger partial charge < -0.3 is 19.6 Å². The van der Waals surface area contributed by atoms with Gasteiger partial charge in [0.25, 0.3) is 5.91 Å². The molecule has 1 aliphatic heterocycles. The topological polar surface area (TPSA) is 141 Å². The van der Waals surface area contributed by atoms with Gasteiger partial charge in [0, 0.05) is 32.7 Å². The average Bonchev–Trinajstić information content (AvgIpc) is 3.35. The van der Waals surface area contributed by atoms with Gasteiger partial charge in [0.15, 0.2) is 0 Å². The number of carboxylic acid groups (broad SMARTS) is 1. The summed E-state index contributed by atoms with van der Waals surface area (Å²) in [6, 6.07) is 9.17. The van der Waals surface area contributed by atoms with Gasteiger partial charge in [-0.05, 0) is 84.0 Å². The van der Waals surface area contributed by atoms with Crippen LogP contribution in [0.15, 0.2) is 42.0 Å². The first-order valence-electron chi connectivity index (χ1n) is 12.8. The van der Waals surface area contributed by atoms with Crippen LogP contribution in [-0.4, -0.2) is 56.9 Å². The summed E-state index contributed by atoms with van der Waals surface area (Å²) in [5, 5.41) is 15.6. The third kappa shape index (κ3) is 6.80. The van der Waals surface area contributed by atoms with Crippen LogP contribution in [0.1, 0.15) is 57.6 Å². The van der Waals surface area contributed by atoms with Crippen molar-refractivity contribution in [3.8, 4) is 0 Å². The Bertz CT molecular complexity index is 1620. The molecule has 13 heteroatoms. The molecule has 1 aliphatic rings. The first-order chi connectivity index (χ1) is 19.4. The second kappa shape index (κ2) is 11.2. The number of H-pyrrole nitrogens is 1. The van der Waals surface area contributed by atoms with E-state index < -0.39 is 35.3 Å². The number of nitrogens with one attached hydrogen (secondary N) is 2. The Morgan fingerprint density at radius 1 is 1.00 bits per heavy atom. The van der Waals surface area contributed by atoms with Crippen LogP contribution in [0.4, 0.5) is 21.0 Å². The van der Waals surface area contributed by atoms with Gasteiger partial charge in [-0.2, -0.15) is 0 Å². The van der Waals surface area contributed by atoms with Crippen LogP contribution in [-0.2, 0) is 14.3 Å². The van der Waals surface area contributed by atoms with E-state index in [4.69, 9.17) is 32.7 Å². The highest BCUT2D eigenvalue weighted by Crippen LogP contribution is 2.36. The van der Waals surface area contributed by atoms with Gasteiger partial charge in [0.05, 0.1) is 17.3 Å². The molecule has 1 saturated heterocycles. The molecular weight excluding hydrogens is 587 g/mol. The first kappa shape index (κ1) is 30.7. The Hall–Kier alpha value is -4.22. The number of carboxylic acids is 1. The number of hydrogen-bond donors (Lipinski definition) is 3. The smallest absolute Gasteiger partial charge is 0.430 e. The number of hydrogen-bond acceptors (Lipinski definition) is 6. The summed E-state index contributed by atoms with van der Waals surface area (Å²) in [7, 11) is 0. The van der Waals surface area contributed by atoms with E-state index in [0.717, 1.165) is 10.0 Å². The van der Waals surface area contributed by atoms with Gasteiger partial charge >= 0.3 is 18.2 Å². The number of anilines is 2. The van der Waals surface area contributed by atoms with Gasteiger partial charge in [-0.1, -0.05) is 23.2 Å². The zero-order valence-corrected chi connectivity index (χ0v) is 25.3. The first-order valence-corrected chi connectivity index (χ1v) is 13.6. The average molecular weight is 617 g/mol. The number of aromatic nitrogens is 1. The second-order valence-electron chi connectivity index (χ2n) is 11.5. The fourth-order valence-electron chi connectivity index (χ4n) is 4.24. The normalized spacial score (nSPS) is 15.0. The fourth-order valence-corrected chi connectivity index (χ4v) is 4.83. The minimum absolute atomic E-state index is 0.103. The summed E-state index contributed by atoms with van der Waals surface area (Å²) >= 11 is 12.5. The molecule has 1 fully saturated rings. The molecule has 1 aromatic heterocycles. The van der Waals surface area contributed by atoms with Crippen molar-refractivity contribution < 1.29 is 33.8 Å². The molecule has 42 heavy (non-hydrogen) atoms. The van der Waals surface area contributed by atoms with E-state index in [1.54, 1.807) is 53.7 Å².